The lowest BCUT2D eigenvalue weighted by Gasteiger charge is -2.05. The second-order valence-corrected chi connectivity index (χ2v) is 3.90. The van der Waals surface area contributed by atoms with Gasteiger partial charge in [-0.25, -0.2) is 17.9 Å². The van der Waals surface area contributed by atoms with Crippen LogP contribution in [0.1, 0.15) is 10.5 Å². The summed E-state index contributed by atoms with van der Waals surface area (Å²) in [7, 11) is 0. The Balaban J connectivity index is 2.18. The molecule has 10 heteroatoms. The lowest BCUT2D eigenvalue weighted by atomic mass is 10.2. The van der Waals surface area contributed by atoms with Gasteiger partial charge >= 0.3 is 5.97 Å². The zero-order chi connectivity index (χ0) is 15.6. The Morgan fingerprint density at radius 3 is 2.67 bits per heavy atom. The lowest BCUT2D eigenvalue weighted by molar-refractivity contribution is -0.137. The highest BCUT2D eigenvalue weighted by Crippen LogP contribution is 2.19. The standard InChI is InChI=1S/C11H7F3N4O3/c12-5-1-6(13)10(14)7(2-5)15-11(21)8-3-18(17-16-8)4-9(19)20/h1-3H,4H2,(H,15,21)(H,19,20). The molecule has 0 atom stereocenters. The number of rotatable bonds is 4. The molecule has 0 aliphatic rings. The third-order valence-corrected chi connectivity index (χ3v) is 2.31. The summed E-state index contributed by atoms with van der Waals surface area (Å²) in [5.41, 5.74) is -1.04. The van der Waals surface area contributed by atoms with E-state index < -0.39 is 41.6 Å². The number of carboxylic acids is 1. The van der Waals surface area contributed by atoms with Crippen LogP contribution in [0.15, 0.2) is 18.3 Å². The molecule has 0 radical (unpaired) electrons. The highest BCUT2D eigenvalue weighted by molar-refractivity contribution is 6.02. The molecule has 0 aliphatic heterocycles. The molecule has 2 rings (SSSR count). The SMILES string of the molecule is O=C(O)Cn1cc(C(=O)Nc2cc(F)cc(F)c2F)nn1. The van der Waals surface area contributed by atoms with Gasteiger partial charge in [0.15, 0.2) is 17.3 Å². The fraction of sp³-hybridized carbons (Fsp3) is 0.0909. The van der Waals surface area contributed by atoms with Gasteiger partial charge in [-0.05, 0) is 0 Å². The van der Waals surface area contributed by atoms with Gasteiger partial charge in [-0.15, -0.1) is 5.10 Å². The number of amides is 1. The molecule has 0 unspecified atom stereocenters. The second kappa shape index (κ2) is 5.61. The molecular weight excluding hydrogens is 293 g/mol. The molecular formula is C11H7F3N4O3. The number of anilines is 1. The normalized spacial score (nSPS) is 10.4. The van der Waals surface area contributed by atoms with Crippen molar-refractivity contribution in [3.05, 3.63) is 41.5 Å². The molecule has 1 aromatic heterocycles. The smallest absolute Gasteiger partial charge is 0.325 e. The van der Waals surface area contributed by atoms with E-state index in [4.69, 9.17) is 5.11 Å². The van der Waals surface area contributed by atoms with Crippen molar-refractivity contribution in [1.82, 2.24) is 15.0 Å². The van der Waals surface area contributed by atoms with Crippen LogP contribution in [0.25, 0.3) is 0 Å². The number of nitrogens with zero attached hydrogens (tertiary/aromatic N) is 3. The van der Waals surface area contributed by atoms with Gasteiger partial charge in [0.1, 0.15) is 12.4 Å². The van der Waals surface area contributed by atoms with Crippen molar-refractivity contribution in [1.29, 1.82) is 0 Å². The third-order valence-electron chi connectivity index (χ3n) is 2.31. The fourth-order valence-corrected chi connectivity index (χ4v) is 1.45. The molecule has 2 aromatic rings. The third kappa shape index (κ3) is 3.35. The van der Waals surface area contributed by atoms with Gasteiger partial charge in [0, 0.05) is 12.1 Å². The molecule has 1 amide bonds. The average Bonchev–Trinajstić information content (AvgIpc) is 2.83. The van der Waals surface area contributed by atoms with Gasteiger partial charge < -0.3 is 10.4 Å². The van der Waals surface area contributed by atoms with Crippen LogP contribution in [0.3, 0.4) is 0 Å². The van der Waals surface area contributed by atoms with Crippen molar-refractivity contribution < 1.29 is 27.9 Å². The maximum atomic E-state index is 13.4. The fourth-order valence-electron chi connectivity index (χ4n) is 1.45. The number of aromatic nitrogens is 3. The Morgan fingerprint density at radius 2 is 2.00 bits per heavy atom. The summed E-state index contributed by atoms with van der Waals surface area (Å²) in [5, 5.41) is 17.2. The summed E-state index contributed by atoms with van der Waals surface area (Å²) in [6, 6.07) is 0.923. The number of carbonyl (C=O) groups is 2. The van der Waals surface area contributed by atoms with E-state index in [1.807, 2.05) is 5.32 Å². The van der Waals surface area contributed by atoms with Crippen LogP contribution in [-0.4, -0.2) is 32.0 Å². The molecule has 0 fully saturated rings. The number of halogens is 3. The molecule has 0 aliphatic carbocycles. The predicted octanol–water partition coefficient (Wildman–Crippen LogP) is 1.03. The number of carbonyl (C=O) groups excluding carboxylic acids is 1. The summed E-state index contributed by atoms with van der Waals surface area (Å²) in [6.07, 6.45) is 0.997. The Hall–Kier alpha value is -2.91. The van der Waals surface area contributed by atoms with Gasteiger partial charge in [0.25, 0.3) is 5.91 Å². The van der Waals surface area contributed by atoms with E-state index in [-0.39, 0.29) is 5.69 Å². The maximum absolute atomic E-state index is 13.4. The Bertz CT molecular complexity index is 717. The molecule has 1 heterocycles. The summed E-state index contributed by atoms with van der Waals surface area (Å²) < 4.78 is 40.2. The van der Waals surface area contributed by atoms with Crippen LogP contribution in [0.2, 0.25) is 0 Å². The van der Waals surface area contributed by atoms with Crippen molar-refractivity contribution in [2.75, 3.05) is 5.32 Å². The van der Waals surface area contributed by atoms with Gasteiger partial charge in [-0.3, -0.25) is 9.59 Å². The molecule has 21 heavy (non-hydrogen) atoms. The van der Waals surface area contributed by atoms with E-state index in [2.05, 4.69) is 10.3 Å². The van der Waals surface area contributed by atoms with Crippen LogP contribution in [-0.2, 0) is 11.3 Å². The topological polar surface area (TPSA) is 97.1 Å². The Morgan fingerprint density at radius 1 is 1.29 bits per heavy atom. The van der Waals surface area contributed by atoms with E-state index in [0.717, 1.165) is 10.9 Å². The van der Waals surface area contributed by atoms with Gasteiger partial charge in [0.2, 0.25) is 0 Å². The summed E-state index contributed by atoms with van der Waals surface area (Å²) in [6.45, 7) is -0.525. The van der Waals surface area contributed by atoms with E-state index in [0.29, 0.717) is 12.1 Å². The summed E-state index contributed by atoms with van der Waals surface area (Å²) in [5.74, 6) is -6.15. The van der Waals surface area contributed by atoms with Crippen molar-refractivity contribution >= 4 is 17.6 Å². The van der Waals surface area contributed by atoms with E-state index in [1.165, 1.54) is 0 Å². The molecule has 0 saturated carbocycles. The molecule has 0 saturated heterocycles. The number of hydrogen-bond donors (Lipinski definition) is 2. The van der Waals surface area contributed by atoms with Crippen LogP contribution in [0, 0.1) is 17.5 Å². The number of aliphatic carboxylic acids is 1. The number of benzene rings is 1. The quantitative estimate of drug-likeness (QED) is 0.822. The van der Waals surface area contributed by atoms with Gasteiger partial charge in [-0.2, -0.15) is 0 Å². The highest BCUT2D eigenvalue weighted by atomic mass is 19.2. The van der Waals surface area contributed by atoms with Crippen LogP contribution >= 0.6 is 0 Å². The first-order chi connectivity index (χ1) is 9.86. The van der Waals surface area contributed by atoms with Crippen LogP contribution in [0.5, 0.6) is 0 Å². The Kier molecular flexibility index (Phi) is 3.87. The number of carboxylic acid groups (broad SMARTS) is 1. The minimum atomic E-state index is -1.46. The molecule has 7 nitrogen and oxygen atoms in total. The van der Waals surface area contributed by atoms with Crippen molar-refractivity contribution in [2.45, 2.75) is 6.54 Å². The first-order valence-corrected chi connectivity index (χ1v) is 5.44. The maximum Gasteiger partial charge on any atom is 0.325 e. The van der Waals surface area contributed by atoms with Crippen LogP contribution < -0.4 is 5.32 Å². The Labute approximate surface area is 115 Å². The zero-order valence-corrected chi connectivity index (χ0v) is 10.2. The van der Waals surface area contributed by atoms with E-state index >= 15 is 0 Å². The molecule has 110 valence electrons. The summed E-state index contributed by atoms with van der Waals surface area (Å²) in [4.78, 5) is 22.1. The monoisotopic (exact) mass is 300 g/mol. The van der Waals surface area contributed by atoms with Gasteiger partial charge in [-0.1, -0.05) is 5.21 Å². The zero-order valence-electron chi connectivity index (χ0n) is 10.2. The first-order valence-electron chi connectivity index (χ1n) is 5.44. The first kappa shape index (κ1) is 14.5. The highest BCUT2D eigenvalue weighted by Gasteiger charge is 2.17. The van der Waals surface area contributed by atoms with E-state index in [9.17, 15) is 22.8 Å². The molecule has 0 bridgehead atoms. The molecule has 1 aromatic carbocycles. The number of nitrogens with one attached hydrogen (secondary N) is 1. The van der Waals surface area contributed by atoms with Crippen molar-refractivity contribution in [2.24, 2.45) is 0 Å². The van der Waals surface area contributed by atoms with Crippen LogP contribution in [0.4, 0.5) is 18.9 Å². The largest absolute Gasteiger partial charge is 0.480 e. The predicted molar refractivity (Wildman–Crippen MR) is 61.9 cm³/mol. The minimum Gasteiger partial charge on any atom is -0.480 e. The lowest BCUT2D eigenvalue weighted by Crippen LogP contribution is -2.14. The van der Waals surface area contributed by atoms with E-state index in [1.54, 1.807) is 0 Å². The summed E-state index contributed by atoms with van der Waals surface area (Å²) >= 11 is 0. The number of hydrogen-bond acceptors (Lipinski definition) is 4. The second-order valence-electron chi connectivity index (χ2n) is 3.90. The molecule has 0 spiro atoms. The minimum absolute atomic E-state index is 0.328. The van der Waals surface area contributed by atoms with Gasteiger partial charge in [0.05, 0.1) is 11.9 Å². The van der Waals surface area contributed by atoms with Crippen molar-refractivity contribution in [3.8, 4) is 0 Å². The molecule has 2 N–H and O–H groups in total. The van der Waals surface area contributed by atoms with Crippen molar-refractivity contribution in [3.63, 3.8) is 0 Å². The average molecular weight is 300 g/mol.